The summed E-state index contributed by atoms with van der Waals surface area (Å²) in [6.45, 7) is 6.30. The number of carbonyl (C=O) groups excluding carboxylic acids is 1. The molecule has 0 aliphatic rings. The number of carbonyl (C=O) groups is 1. The largest absolute Gasteiger partial charge is 0.490 e. The summed E-state index contributed by atoms with van der Waals surface area (Å²) in [7, 11) is 1.34. The fraction of sp³-hybridized carbons (Fsp3) is 0.238. The fourth-order valence-electron chi connectivity index (χ4n) is 3.17. The Labute approximate surface area is 168 Å². The van der Waals surface area contributed by atoms with Gasteiger partial charge in [0, 0.05) is 11.6 Å². The molecule has 0 bridgehead atoms. The summed E-state index contributed by atoms with van der Waals surface area (Å²) in [5, 5.41) is 18.6. The van der Waals surface area contributed by atoms with Crippen LogP contribution in [0.3, 0.4) is 0 Å². The fourth-order valence-corrected chi connectivity index (χ4v) is 3.17. The maximum atomic E-state index is 12.7. The van der Waals surface area contributed by atoms with Crippen LogP contribution < -0.4 is 10.1 Å². The molecule has 8 nitrogen and oxygen atoms in total. The molecule has 1 amide bonds. The van der Waals surface area contributed by atoms with Crippen LogP contribution >= 0.6 is 0 Å². The number of nitrogens with one attached hydrogen (secondary N) is 1. The second-order valence-electron chi connectivity index (χ2n) is 6.79. The molecule has 1 heterocycles. The van der Waals surface area contributed by atoms with Gasteiger partial charge in [0.25, 0.3) is 5.91 Å². The Hall–Kier alpha value is -3.68. The zero-order valence-corrected chi connectivity index (χ0v) is 16.7. The van der Waals surface area contributed by atoms with Crippen molar-refractivity contribution in [2.75, 3.05) is 12.4 Å². The van der Waals surface area contributed by atoms with Crippen molar-refractivity contribution in [1.29, 1.82) is 0 Å². The molecule has 150 valence electrons. The van der Waals surface area contributed by atoms with Gasteiger partial charge in [-0.25, -0.2) is 0 Å². The van der Waals surface area contributed by atoms with Gasteiger partial charge in [0.05, 0.1) is 35.7 Å². The van der Waals surface area contributed by atoms with Gasteiger partial charge < -0.3 is 10.1 Å². The number of amides is 1. The zero-order valence-electron chi connectivity index (χ0n) is 16.7. The molecule has 3 aromatic rings. The Bertz CT molecular complexity index is 1090. The van der Waals surface area contributed by atoms with E-state index < -0.39 is 10.8 Å². The van der Waals surface area contributed by atoms with Crippen LogP contribution in [-0.4, -0.2) is 27.7 Å². The first-order valence-electron chi connectivity index (χ1n) is 9.03. The number of benzene rings is 2. The highest BCUT2D eigenvalue weighted by atomic mass is 16.6. The van der Waals surface area contributed by atoms with Gasteiger partial charge in [-0.3, -0.25) is 19.6 Å². The van der Waals surface area contributed by atoms with Crippen LogP contribution in [-0.2, 0) is 6.54 Å². The molecule has 3 rings (SSSR count). The number of methoxy groups -OCH3 is 1. The van der Waals surface area contributed by atoms with Crippen LogP contribution in [0.1, 0.15) is 32.9 Å². The van der Waals surface area contributed by atoms with Gasteiger partial charge in [-0.05, 0) is 38.5 Å². The minimum Gasteiger partial charge on any atom is -0.490 e. The maximum absolute atomic E-state index is 12.7. The first-order valence-corrected chi connectivity index (χ1v) is 9.03. The third kappa shape index (κ3) is 4.26. The van der Waals surface area contributed by atoms with Crippen molar-refractivity contribution in [1.82, 2.24) is 9.78 Å². The lowest BCUT2D eigenvalue weighted by molar-refractivity contribution is -0.385. The summed E-state index contributed by atoms with van der Waals surface area (Å²) < 4.78 is 6.81. The second kappa shape index (κ2) is 8.14. The Morgan fingerprint density at radius 1 is 1.21 bits per heavy atom. The van der Waals surface area contributed by atoms with Crippen molar-refractivity contribution >= 4 is 17.3 Å². The zero-order chi connectivity index (χ0) is 21.1. The number of hydrogen-bond donors (Lipinski definition) is 1. The molecule has 0 unspecified atom stereocenters. The van der Waals surface area contributed by atoms with E-state index in [0.717, 1.165) is 11.3 Å². The quantitative estimate of drug-likeness (QED) is 0.503. The van der Waals surface area contributed by atoms with E-state index in [1.54, 1.807) is 0 Å². The second-order valence-corrected chi connectivity index (χ2v) is 6.79. The van der Waals surface area contributed by atoms with E-state index in [1.807, 2.05) is 43.7 Å². The lowest BCUT2D eigenvalue weighted by Gasteiger charge is -2.09. The topological polar surface area (TPSA) is 99.3 Å². The minimum absolute atomic E-state index is 0.102. The van der Waals surface area contributed by atoms with E-state index in [9.17, 15) is 14.9 Å². The van der Waals surface area contributed by atoms with Crippen molar-refractivity contribution < 1.29 is 14.5 Å². The van der Waals surface area contributed by atoms with Crippen molar-refractivity contribution in [3.63, 3.8) is 0 Å². The average molecular weight is 394 g/mol. The van der Waals surface area contributed by atoms with E-state index in [1.165, 1.54) is 30.9 Å². The summed E-state index contributed by atoms with van der Waals surface area (Å²) in [5.74, 6) is -0.345. The number of nitro groups is 1. The minimum atomic E-state index is -0.577. The van der Waals surface area contributed by atoms with Crippen LogP contribution in [0.25, 0.3) is 0 Å². The summed E-state index contributed by atoms with van der Waals surface area (Å²) in [6, 6.07) is 12.2. The molecule has 0 saturated heterocycles. The first kappa shape index (κ1) is 20.1. The van der Waals surface area contributed by atoms with Crippen molar-refractivity contribution in [2.24, 2.45) is 0 Å². The maximum Gasteiger partial charge on any atom is 0.311 e. The summed E-state index contributed by atoms with van der Waals surface area (Å²) in [4.78, 5) is 23.3. The smallest absolute Gasteiger partial charge is 0.311 e. The highest BCUT2D eigenvalue weighted by molar-refractivity contribution is 6.05. The number of aryl methyl sites for hydroxylation is 2. The number of anilines is 1. The molecule has 2 aromatic carbocycles. The number of nitro benzene ring substituents is 1. The molecule has 8 heteroatoms. The Morgan fingerprint density at radius 2 is 1.97 bits per heavy atom. The molecule has 29 heavy (non-hydrogen) atoms. The molecule has 1 N–H and O–H groups in total. The van der Waals surface area contributed by atoms with Crippen LogP contribution in [0.5, 0.6) is 5.75 Å². The average Bonchev–Trinajstić information content (AvgIpc) is 2.94. The molecule has 1 aromatic heterocycles. The normalized spacial score (nSPS) is 10.6. The van der Waals surface area contributed by atoms with Crippen LogP contribution in [0, 0.1) is 30.9 Å². The highest BCUT2D eigenvalue weighted by Gasteiger charge is 2.20. The van der Waals surface area contributed by atoms with Gasteiger partial charge in [0.2, 0.25) is 0 Å². The van der Waals surface area contributed by atoms with Crippen LogP contribution in [0.2, 0.25) is 0 Å². The van der Waals surface area contributed by atoms with E-state index in [0.29, 0.717) is 17.9 Å². The van der Waals surface area contributed by atoms with E-state index in [-0.39, 0.29) is 17.0 Å². The molecular weight excluding hydrogens is 372 g/mol. The van der Waals surface area contributed by atoms with Gasteiger partial charge in [-0.1, -0.05) is 29.8 Å². The highest BCUT2D eigenvalue weighted by Crippen LogP contribution is 2.28. The third-order valence-electron chi connectivity index (χ3n) is 4.67. The first-order chi connectivity index (χ1) is 13.8. The molecule has 0 aliphatic carbocycles. The SMILES string of the molecule is COc1ccc(C(=O)Nc2c(C)nn(Cc3cccc(C)c3)c2C)cc1[N+](=O)[O-]. The standard InChI is InChI=1S/C21H22N4O4/c1-13-6-5-7-16(10-13)12-24-15(3)20(14(2)23-24)22-21(26)17-8-9-19(29-4)18(11-17)25(27)28/h5-11H,12H2,1-4H3,(H,22,26). The molecule has 0 saturated carbocycles. The number of hydrogen-bond acceptors (Lipinski definition) is 5. The molecule has 0 radical (unpaired) electrons. The van der Waals surface area contributed by atoms with Gasteiger partial charge >= 0.3 is 5.69 Å². The Balaban J connectivity index is 1.85. The van der Waals surface area contributed by atoms with Gasteiger partial charge in [-0.15, -0.1) is 0 Å². The molecule has 0 spiro atoms. The predicted octanol–water partition coefficient (Wildman–Crippen LogP) is 4.03. The monoisotopic (exact) mass is 394 g/mol. The molecule has 0 fully saturated rings. The summed E-state index contributed by atoms with van der Waals surface area (Å²) in [6.07, 6.45) is 0. The third-order valence-corrected chi connectivity index (χ3v) is 4.67. The Kier molecular flexibility index (Phi) is 5.63. The lowest BCUT2D eigenvalue weighted by Crippen LogP contribution is -2.14. The summed E-state index contributed by atoms with van der Waals surface area (Å²) in [5.41, 5.74) is 4.26. The molecule has 0 atom stereocenters. The number of ether oxygens (including phenoxy) is 1. The van der Waals surface area contributed by atoms with E-state index in [2.05, 4.69) is 16.5 Å². The number of nitrogens with zero attached hydrogens (tertiary/aromatic N) is 3. The van der Waals surface area contributed by atoms with Gasteiger partial charge in [-0.2, -0.15) is 5.10 Å². The van der Waals surface area contributed by atoms with Crippen molar-refractivity contribution in [3.8, 4) is 5.75 Å². The molecular formula is C21H22N4O4. The number of rotatable bonds is 6. The Morgan fingerprint density at radius 3 is 2.62 bits per heavy atom. The van der Waals surface area contributed by atoms with Gasteiger partial charge in [0.15, 0.2) is 5.75 Å². The lowest BCUT2D eigenvalue weighted by atomic mass is 10.1. The summed E-state index contributed by atoms with van der Waals surface area (Å²) >= 11 is 0. The van der Waals surface area contributed by atoms with Crippen molar-refractivity contribution in [3.05, 3.63) is 80.7 Å². The van der Waals surface area contributed by atoms with E-state index in [4.69, 9.17) is 4.74 Å². The predicted molar refractivity (Wildman–Crippen MR) is 110 cm³/mol. The number of aromatic nitrogens is 2. The van der Waals surface area contributed by atoms with E-state index >= 15 is 0 Å². The molecule has 0 aliphatic heterocycles. The van der Waals surface area contributed by atoms with Gasteiger partial charge in [0.1, 0.15) is 0 Å². The van der Waals surface area contributed by atoms with Crippen LogP contribution in [0.15, 0.2) is 42.5 Å². The van der Waals surface area contributed by atoms with Crippen molar-refractivity contribution in [2.45, 2.75) is 27.3 Å². The van der Waals surface area contributed by atoms with Crippen LogP contribution in [0.4, 0.5) is 11.4 Å².